The number of carbonyl (C=O) groups excluding carboxylic acids is 1. The third-order valence-electron chi connectivity index (χ3n) is 2.84. The maximum absolute atomic E-state index is 12.1. The smallest absolute Gasteiger partial charge is 0.261 e. The van der Waals surface area contributed by atoms with Crippen molar-refractivity contribution in [1.82, 2.24) is 9.72 Å². The van der Waals surface area contributed by atoms with Crippen molar-refractivity contribution in [3.8, 4) is 0 Å². The lowest BCUT2D eigenvalue weighted by Crippen LogP contribution is -2.20. The molecule has 6 nitrogen and oxygen atoms in total. The minimum atomic E-state index is -0.294. The van der Waals surface area contributed by atoms with Gasteiger partial charge in [0, 0.05) is 18.8 Å². The summed E-state index contributed by atoms with van der Waals surface area (Å²) in [6.07, 6.45) is 1.61. The average molecular weight is 261 g/mol. The number of nitrogens with zero attached hydrogens (tertiary/aromatic N) is 2. The van der Waals surface area contributed by atoms with Crippen LogP contribution in [-0.4, -0.2) is 15.6 Å². The van der Waals surface area contributed by atoms with Gasteiger partial charge in [-0.2, -0.15) is 0 Å². The van der Waals surface area contributed by atoms with Crippen LogP contribution in [-0.2, 0) is 6.54 Å². The molecule has 1 N–H and O–H groups in total. The second-order valence-corrected chi connectivity index (χ2v) is 4.20. The van der Waals surface area contributed by atoms with Crippen LogP contribution >= 0.6 is 0 Å². The fourth-order valence-corrected chi connectivity index (χ4v) is 1.85. The normalized spacial score (nSPS) is 10.5. The van der Waals surface area contributed by atoms with E-state index in [0.717, 1.165) is 0 Å². The number of aromatic nitrogens is 2. The fourth-order valence-electron chi connectivity index (χ4n) is 1.85. The molecular formula is C13H15N3O3. The SMILES string of the molecule is CCn1cc(NC(=O)c2c(C)noc2C)ccc1=O. The summed E-state index contributed by atoms with van der Waals surface area (Å²) in [5.41, 5.74) is 1.43. The number of anilines is 1. The molecule has 0 aliphatic rings. The number of amides is 1. The second kappa shape index (κ2) is 5.09. The van der Waals surface area contributed by atoms with Gasteiger partial charge >= 0.3 is 0 Å². The third-order valence-corrected chi connectivity index (χ3v) is 2.84. The largest absolute Gasteiger partial charge is 0.361 e. The molecule has 0 bridgehead atoms. The van der Waals surface area contributed by atoms with Crippen molar-refractivity contribution in [2.24, 2.45) is 0 Å². The van der Waals surface area contributed by atoms with Gasteiger partial charge in [-0.05, 0) is 26.8 Å². The van der Waals surface area contributed by atoms with E-state index in [1.807, 2.05) is 6.92 Å². The van der Waals surface area contributed by atoms with Crippen molar-refractivity contribution in [2.45, 2.75) is 27.3 Å². The molecule has 0 radical (unpaired) electrons. The minimum absolute atomic E-state index is 0.0992. The van der Waals surface area contributed by atoms with E-state index in [9.17, 15) is 9.59 Å². The number of carbonyl (C=O) groups is 1. The van der Waals surface area contributed by atoms with Crippen LogP contribution < -0.4 is 10.9 Å². The summed E-state index contributed by atoms with van der Waals surface area (Å²) in [6.45, 7) is 5.80. The first-order valence-corrected chi connectivity index (χ1v) is 5.97. The summed E-state index contributed by atoms with van der Waals surface area (Å²) < 4.78 is 6.47. The summed E-state index contributed by atoms with van der Waals surface area (Å²) in [6, 6.07) is 3.00. The maximum Gasteiger partial charge on any atom is 0.261 e. The standard InChI is InChI=1S/C13H15N3O3/c1-4-16-7-10(5-6-11(16)17)14-13(18)12-8(2)15-19-9(12)3/h5-7H,4H2,1-3H3,(H,14,18). The lowest BCUT2D eigenvalue weighted by molar-refractivity contribution is 0.102. The van der Waals surface area contributed by atoms with Crippen LogP contribution in [0.25, 0.3) is 0 Å². The van der Waals surface area contributed by atoms with E-state index in [1.54, 1.807) is 26.1 Å². The molecule has 2 aromatic heterocycles. The summed E-state index contributed by atoms with van der Waals surface area (Å²) >= 11 is 0. The molecule has 2 aromatic rings. The van der Waals surface area contributed by atoms with E-state index in [4.69, 9.17) is 4.52 Å². The highest BCUT2D eigenvalue weighted by molar-refractivity contribution is 6.05. The zero-order chi connectivity index (χ0) is 14.0. The number of pyridine rings is 1. The van der Waals surface area contributed by atoms with Crippen molar-refractivity contribution in [3.63, 3.8) is 0 Å². The Morgan fingerprint density at radius 2 is 2.16 bits per heavy atom. The summed E-state index contributed by atoms with van der Waals surface area (Å²) in [7, 11) is 0. The average Bonchev–Trinajstić information content (AvgIpc) is 2.71. The van der Waals surface area contributed by atoms with Crippen LogP contribution in [0.5, 0.6) is 0 Å². The second-order valence-electron chi connectivity index (χ2n) is 4.20. The summed E-state index contributed by atoms with van der Waals surface area (Å²) in [5, 5.41) is 6.46. The van der Waals surface area contributed by atoms with Crippen LogP contribution in [0.2, 0.25) is 0 Å². The Kier molecular flexibility index (Phi) is 3.50. The lowest BCUT2D eigenvalue weighted by Gasteiger charge is -2.07. The van der Waals surface area contributed by atoms with Gasteiger partial charge in [-0.1, -0.05) is 5.16 Å². The maximum atomic E-state index is 12.1. The van der Waals surface area contributed by atoms with Crippen LogP contribution in [0.1, 0.15) is 28.7 Å². The van der Waals surface area contributed by atoms with E-state index >= 15 is 0 Å². The van der Waals surface area contributed by atoms with Crippen LogP contribution in [0.3, 0.4) is 0 Å². The fraction of sp³-hybridized carbons (Fsp3) is 0.308. The van der Waals surface area contributed by atoms with Gasteiger partial charge < -0.3 is 14.4 Å². The zero-order valence-electron chi connectivity index (χ0n) is 11.1. The predicted octanol–water partition coefficient (Wildman–Crippen LogP) is 1.73. The molecule has 0 saturated heterocycles. The highest BCUT2D eigenvalue weighted by Crippen LogP contribution is 2.14. The van der Waals surface area contributed by atoms with Gasteiger partial charge in [0.15, 0.2) is 0 Å². The number of nitrogens with one attached hydrogen (secondary N) is 1. The van der Waals surface area contributed by atoms with Crippen molar-refractivity contribution >= 4 is 11.6 Å². The van der Waals surface area contributed by atoms with Gasteiger partial charge in [0.1, 0.15) is 11.3 Å². The Morgan fingerprint density at radius 3 is 2.74 bits per heavy atom. The van der Waals surface area contributed by atoms with Gasteiger partial charge in [0.2, 0.25) is 0 Å². The molecule has 100 valence electrons. The molecule has 2 heterocycles. The van der Waals surface area contributed by atoms with E-state index < -0.39 is 0 Å². The summed E-state index contributed by atoms with van der Waals surface area (Å²) in [4.78, 5) is 23.6. The molecule has 0 spiro atoms. The zero-order valence-corrected chi connectivity index (χ0v) is 11.1. The van der Waals surface area contributed by atoms with Crippen molar-refractivity contribution in [1.29, 1.82) is 0 Å². The van der Waals surface area contributed by atoms with Crippen LogP contribution in [0, 0.1) is 13.8 Å². The molecule has 0 aliphatic heterocycles. The van der Waals surface area contributed by atoms with Crippen molar-refractivity contribution < 1.29 is 9.32 Å². The molecule has 0 unspecified atom stereocenters. The molecule has 2 rings (SSSR count). The molecule has 19 heavy (non-hydrogen) atoms. The Morgan fingerprint density at radius 1 is 1.42 bits per heavy atom. The molecule has 0 aromatic carbocycles. The predicted molar refractivity (Wildman–Crippen MR) is 70.3 cm³/mol. The number of rotatable bonds is 3. The Labute approximate surface area is 110 Å². The molecular weight excluding hydrogens is 246 g/mol. The highest BCUT2D eigenvalue weighted by Gasteiger charge is 2.17. The van der Waals surface area contributed by atoms with Crippen molar-refractivity contribution in [2.75, 3.05) is 5.32 Å². The Balaban J connectivity index is 2.27. The molecule has 1 amide bonds. The number of aryl methyl sites for hydroxylation is 3. The topological polar surface area (TPSA) is 77.1 Å². The molecule has 0 saturated carbocycles. The quantitative estimate of drug-likeness (QED) is 0.912. The minimum Gasteiger partial charge on any atom is -0.361 e. The van der Waals surface area contributed by atoms with E-state index in [-0.39, 0.29) is 11.5 Å². The van der Waals surface area contributed by atoms with Gasteiger partial charge in [0.05, 0.1) is 11.4 Å². The lowest BCUT2D eigenvalue weighted by atomic mass is 10.2. The van der Waals surface area contributed by atoms with Gasteiger partial charge in [-0.15, -0.1) is 0 Å². The first kappa shape index (κ1) is 13.1. The number of hydrogen-bond donors (Lipinski definition) is 1. The molecule has 0 atom stereocenters. The summed E-state index contributed by atoms with van der Waals surface area (Å²) in [5.74, 6) is 0.177. The third kappa shape index (κ3) is 2.57. The van der Waals surface area contributed by atoms with E-state index in [2.05, 4.69) is 10.5 Å². The monoisotopic (exact) mass is 261 g/mol. The Hall–Kier alpha value is -2.37. The van der Waals surface area contributed by atoms with Gasteiger partial charge in [-0.3, -0.25) is 9.59 Å². The van der Waals surface area contributed by atoms with Crippen molar-refractivity contribution in [3.05, 3.63) is 45.7 Å². The molecule has 0 aliphatic carbocycles. The van der Waals surface area contributed by atoms with Crippen LogP contribution in [0.15, 0.2) is 27.6 Å². The molecule has 6 heteroatoms. The van der Waals surface area contributed by atoms with E-state index in [0.29, 0.717) is 29.2 Å². The van der Waals surface area contributed by atoms with E-state index in [1.165, 1.54) is 10.6 Å². The van der Waals surface area contributed by atoms with Gasteiger partial charge in [0.25, 0.3) is 11.5 Å². The Bertz CT molecular complexity index is 651. The number of hydrogen-bond acceptors (Lipinski definition) is 4. The van der Waals surface area contributed by atoms with Gasteiger partial charge in [-0.25, -0.2) is 0 Å². The highest BCUT2D eigenvalue weighted by atomic mass is 16.5. The first-order chi connectivity index (χ1) is 9.02. The van der Waals surface area contributed by atoms with Crippen LogP contribution in [0.4, 0.5) is 5.69 Å². The molecule has 0 fully saturated rings. The first-order valence-electron chi connectivity index (χ1n) is 5.97.